The zero-order valence-corrected chi connectivity index (χ0v) is 20.4. The fourth-order valence-corrected chi connectivity index (χ4v) is 3.49. The number of ether oxygens (including phenoxy) is 2. The van der Waals surface area contributed by atoms with Crippen molar-refractivity contribution in [1.29, 1.82) is 0 Å². The first-order chi connectivity index (χ1) is 16.9. The number of halogens is 1. The van der Waals surface area contributed by atoms with E-state index >= 15 is 0 Å². The molecule has 0 saturated heterocycles. The number of benzene rings is 1. The zero-order chi connectivity index (χ0) is 25.2. The van der Waals surface area contributed by atoms with E-state index in [4.69, 9.17) is 26.2 Å². The quantitative estimate of drug-likeness (QED) is 0.192. The fourth-order valence-electron chi connectivity index (χ4n) is 3.32. The maximum absolute atomic E-state index is 12.7. The highest BCUT2D eigenvalue weighted by Crippen LogP contribution is 2.37. The Morgan fingerprint density at radius 1 is 1.23 bits per heavy atom. The van der Waals surface area contributed by atoms with Gasteiger partial charge in [0.1, 0.15) is 11.6 Å². The van der Waals surface area contributed by atoms with Gasteiger partial charge in [0.15, 0.2) is 5.82 Å². The smallest absolute Gasteiger partial charge is 0.320 e. The highest BCUT2D eigenvalue weighted by Gasteiger charge is 2.30. The number of hydrogen-bond acceptors (Lipinski definition) is 9. The van der Waals surface area contributed by atoms with E-state index in [1.807, 2.05) is 7.05 Å². The average Bonchev–Trinajstić information content (AvgIpc) is 3.16. The van der Waals surface area contributed by atoms with E-state index in [1.165, 1.54) is 7.11 Å². The molecule has 11 nitrogen and oxygen atoms in total. The van der Waals surface area contributed by atoms with Crippen LogP contribution in [0.25, 0.3) is 5.57 Å². The van der Waals surface area contributed by atoms with E-state index in [1.54, 1.807) is 24.4 Å². The van der Waals surface area contributed by atoms with Crippen LogP contribution in [0.4, 0.5) is 17.3 Å². The molecule has 5 N–H and O–H groups in total. The molecule has 0 aliphatic carbocycles. The Morgan fingerprint density at radius 3 is 2.80 bits per heavy atom. The lowest BCUT2D eigenvalue weighted by Gasteiger charge is -2.12. The molecule has 0 unspecified atom stereocenters. The number of hydrogen-bond donors (Lipinski definition) is 5. The standard InChI is InChI=1S/C23H29ClN6O5/c1-25-9-5-10-26-20-19-15(22(33)28-21(19)30-23(29-20)34-2)13-27-14-7-8-16(24)17(12-14)35-11-4-3-6-18(31)32/h7-8,12-13,25,27H,3-6,9-11H2,1-2H3,(H,31,32)(H2,26,28,29,30,33)/b15-13-. The molecule has 0 radical (unpaired) electrons. The van der Waals surface area contributed by atoms with Gasteiger partial charge in [0.2, 0.25) is 0 Å². The van der Waals surface area contributed by atoms with E-state index in [0.717, 1.165) is 13.0 Å². The molecular weight excluding hydrogens is 476 g/mol. The van der Waals surface area contributed by atoms with Crippen LogP contribution in [0.2, 0.25) is 5.02 Å². The molecule has 188 valence electrons. The molecule has 35 heavy (non-hydrogen) atoms. The minimum Gasteiger partial charge on any atom is -0.492 e. The van der Waals surface area contributed by atoms with Crippen LogP contribution < -0.4 is 30.7 Å². The molecule has 1 amide bonds. The molecule has 3 rings (SSSR count). The lowest BCUT2D eigenvalue weighted by Crippen LogP contribution is -2.14. The predicted molar refractivity (Wildman–Crippen MR) is 134 cm³/mol. The number of fused-ring (bicyclic) bond motifs is 1. The van der Waals surface area contributed by atoms with Crippen molar-refractivity contribution in [3.8, 4) is 11.8 Å². The summed E-state index contributed by atoms with van der Waals surface area (Å²) in [5.41, 5.74) is 1.57. The van der Waals surface area contributed by atoms with Gasteiger partial charge in [-0.2, -0.15) is 9.97 Å². The normalized spacial score (nSPS) is 13.3. The van der Waals surface area contributed by atoms with Crippen molar-refractivity contribution in [2.75, 3.05) is 49.8 Å². The van der Waals surface area contributed by atoms with Gasteiger partial charge in [-0.15, -0.1) is 0 Å². The van der Waals surface area contributed by atoms with Crippen LogP contribution in [-0.2, 0) is 9.59 Å². The van der Waals surface area contributed by atoms with Crippen LogP contribution in [0.1, 0.15) is 31.2 Å². The topological polar surface area (TPSA) is 147 Å². The molecule has 0 fully saturated rings. The summed E-state index contributed by atoms with van der Waals surface area (Å²) >= 11 is 6.23. The van der Waals surface area contributed by atoms with Crippen molar-refractivity contribution in [1.82, 2.24) is 15.3 Å². The number of aliphatic carboxylic acids is 1. The SMILES string of the molecule is CNCCCNc1nc(OC)nc2c1/C(=C/Nc1ccc(Cl)c(OCCCCC(=O)O)c1)C(=O)N2. The molecule has 12 heteroatoms. The second-order valence-corrected chi connectivity index (χ2v) is 8.07. The van der Waals surface area contributed by atoms with E-state index in [2.05, 4.69) is 31.2 Å². The fraction of sp³-hybridized carbons (Fsp3) is 0.391. The van der Waals surface area contributed by atoms with Crippen LogP contribution in [0.3, 0.4) is 0 Å². The number of carboxylic acids is 1. The molecule has 2 aromatic rings. The Hall–Kier alpha value is -3.57. The Morgan fingerprint density at radius 2 is 2.06 bits per heavy atom. The highest BCUT2D eigenvalue weighted by molar-refractivity contribution is 6.33. The molecule has 2 heterocycles. The molecule has 0 saturated carbocycles. The van der Waals surface area contributed by atoms with Crippen molar-refractivity contribution >= 4 is 46.4 Å². The first-order valence-electron chi connectivity index (χ1n) is 11.2. The summed E-state index contributed by atoms with van der Waals surface area (Å²) in [4.78, 5) is 32.0. The Bertz CT molecular complexity index is 1090. The maximum Gasteiger partial charge on any atom is 0.320 e. The average molecular weight is 505 g/mol. The zero-order valence-electron chi connectivity index (χ0n) is 19.6. The molecule has 1 aliphatic rings. The number of rotatable bonds is 14. The molecule has 1 aliphatic heterocycles. The van der Waals surface area contributed by atoms with Gasteiger partial charge in [0.05, 0.1) is 29.9 Å². The Kier molecular flexibility index (Phi) is 9.50. The van der Waals surface area contributed by atoms with Crippen molar-refractivity contribution in [3.63, 3.8) is 0 Å². The van der Waals surface area contributed by atoms with Crippen LogP contribution in [-0.4, -0.2) is 60.8 Å². The minimum absolute atomic E-state index is 0.0950. The number of carbonyl (C=O) groups excluding carboxylic acids is 1. The maximum atomic E-state index is 12.7. The summed E-state index contributed by atoms with van der Waals surface area (Å²) in [7, 11) is 3.35. The van der Waals surface area contributed by atoms with Gasteiger partial charge in [0, 0.05) is 30.9 Å². The van der Waals surface area contributed by atoms with Crippen molar-refractivity contribution < 1.29 is 24.2 Å². The first-order valence-corrected chi connectivity index (χ1v) is 11.6. The molecule has 0 bridgehead atoms. The summed E-state index contributed by atoms with van der Waals surface area (Å²) in [5.74, 6) is 0.169. The summed E-state index contributed by atoms with van der Waals surface area (Å²) in [5, 5.41) is 21.4. The highest BCUT2D eigenvalue weighted by atomic mass is 35.5. The third kappa shape index (κ3) is 7.20. The summed E-state index contributed by atoms with van der Waals surface area (Å²) in [6, 6.07) is 5.30. The Labute approximate surface area is 208 Å². The largest absolute Gasteiger partial charge is 0.492 e. The second-order valence-electron chi connectivity index (χ2n) is 7.67. The van der Waals surface area contributed by atoms with E-state index in [0.29, 0.717) is 65.2 Å². The van der Waals surface area contributed by atoms with Crippen LogP contribution in [0.5, 0.6) is 11.8 Å². The third-order valence-electron chi connectivity index (χ3n) is 5.07. The molecule has 0 spiro atoms. The van der Waals surface area contributed by atoms with Gasteiger partial charge in [-0.05, 0) is 45.0 Å². The number of anilines is 3. The number of aromatic nitrogens is 2. The summed E-state index contributed by atoms with van der Waals surface area (Å²) in [6.45, 7) is 1.82. The lowest BCUT2D eigenvalue weighted by molar-refractivity contribution is -0.137. The molecule has 0 atom stereocenters. The molecule has 1 aromatic carbocycles. The van der Waals surface area contributed by atoms with Gasteiger partial charge < -0.3 is 35.8 Å². The molecule has 1 aromatic heterocycles. The van der Waals surface area contributed by atoms with Gasteiger partial charge in [0.25, 0.3) is 5.91 Å². The van der Waals surface area contributed by atoms with E-state index < -0.39 is 5.97 Å². The number of carbonyl (C=O) groups is 2. The van der Waals surface area contributed by atoms with Gasteiger partial charge in [-0.1, -0.05) is 11.6 Å². The van der Waals surface area contributed by atoms with Crippen LogP contribution >= 0.6 is 11.6 Å². The van der Waals surface area contributed by atoms with Crippen molar-refractivity contribution in [3.05, 3.63) is 35.0 Å². The first kappa shape index (κ1) is 26.0. The van der Waals surface area contributed by atoms with Crippen LogP contribution in [0, 0.1) is 0 Å². The lowest BCUT2D eigenvalue weighted by atomic mass is 10.1. The summed E-state index contributed by atoms with van der Waals surface area (Å²) in [6.07, 6.45) is 3.64. The van der Waals surface area contributed by atoms with E-state index in [-0.39, 0.29) is 18.3 Å². The number of unbranched alkanes of at least 4 members (excludes halogenated alkanes) is 1. The predicted octanol–water partition coefficient (Wildman–Crippen LogP) is 3.20. The number of amides is 1. The van der Waals surface area contributed by atoms with Crippen LogP contribution in [0.15, 0.2) is 24.4 Å². The minimum atomic E-state index is -0.833. The number of carboxylic acid groups (broad SMARTS) is 1. The van der Waals surface area contributed by atoms with Crippen molar-refractivity contribution in [2.45, 2.75) is 25.7 Å². The van der Waals surface area contributed by atoms with Crippen molar-refractivity contribution in [2.24, 2.45) is 0 Å². The van der Waals surface area contributed by atoms with E-state index in [9.17, 15) is 9.59 Å². The third-order valence-corrected chi connectivity index (χ3v) is 5.38. The second kappa shape index (κ2) is 12.8. The molecular formula is C23H29ClN6O5. The monoisotopic (exact) mass is 504 g/mol. The number of nitrogens with one attached hydrogen (secondary N) is 4. The van der Waals surface area contributed by atoms with Gasteiger partial charge >= 0.3 is 12.0 Å². The summed E-state index contributed by atoms with van der Waals surface area (Å²) < 4.78 is 10.9. The van der Waals surface area contributed by atoms with Gasteiger partial charge in [-0.3, -0.25) is 9.59 Å². The van der Waals surface area contributed by atoms with Gasteiger partial charge in [-0.25, -0.2) is 0 Å². The Balaban J connectivity index is 1.75. The number of nitrogens with zero attached hydrogens (tertiary/aromatic N) is 2. The number of methoxy groups -OCH3 is 1.